The van der Waals surface area contributed by atoms with Crippen LogP contribution in [0.2, 0.25) is 0 Å². The molecule has 1 rings (SSSR count). The van der Waals surface area contributed by atoms with Gasteiger partial charge in [-0.3, -0.25) is 0 Å². The van der Waals surface area contributed by atoms with Crippen molar-refractivity contribution in [2.75, 3.05) is 19.7 Å². The number of rotatable bonds is 6. The minimum atomic E-state index is -0.469. The van der Waals surface area contributed by atoms with Crippen LogP contribution in [0.15, 0.2) is 22.7 Å². The van der Waals surface area contributed by atoms with Gasteiger partial charge < -0.3 is 15.2 Å². The van der Waals surface area contributed by atoms with Crippen molar-refractivity contribution in [2.24, 2.45) is 0 Å². The summed E-state index contributed by atoms with van der Waals surface area (Å²) in [5.74, 6) is 0.818. The molecule has 0 spiro atoms. The number of ether oxygens (including phenoxy) is 1. The van der Waals surface area contributed by atoms with Gasteiger partial charge in [-0.25, -0.2) is 0 Å². The molecule has 0 aliphatic rings. The van der Waals surface area contributed by atoms with Gasteiger partial charge >= 0.3 is 0 Å². The maximum absolute atomic E-state index is 9.59. The topological polar surface area (TPSA) is 41.5 Å². The highest BCUT2D eigenvalue weighted by atomic mass is 79.9. The predicted molar refractivity (Wildman–Crippen MR) is 68.9 cm³/mol. The highest BCUT2D eigenvalue weighted by molar-refractivity contribution is 9.10. The lowest BCUT2D eigenvalue weighted by molar-refractivity contribution is 0.106. The fourth-order valence-corrected chi connectivity index (χ4v) is 1.81. The van der Waals surface area contributed by atoms with Gasteiger partial charge in [0.05, 0.1) is 0 Å². The predicted octanol–water partition coefficient (Wildman–Crippen LogP) is 2.11. The fourth-order valence-electron chi connectivity index (χ4n) is 1.33. The van der Waals surface area contributed by atoms with Crippen LogP contribution in [0.3, 0.4) is 0 Å². The average Bonchev–Trinajstić information content (AvgIpc) is 2.25. The van der Waals surface area contributed by atoms with Crippen molar-refractivity contribution in [2.45, 2.75) is 20.0 Å². The van der Waals surface area contributed by atoms with Crippen molar-refractivity contribution >= 4 is 15.9 Å². The number of aryl methyl sites for hydroxylation is 1. The van der Waals surface area contributed by atoms with E-state index in [-0.39, 0.29) is 0 Å². The van der Waals surface area contributed by atoms with E-state index >= 15 is 0 Å². The van der Waals surface area contributed by atoms with Crippen LogP contribution in [0.1, 0.15) is 12.5 Å². The first-order chi connectivity index (χ1) is 7.63. The van der Waals surface area contributed by atoms with Crippen LogP contribution in [-0.4, -0.2) is 30.9 Å². The summed E-state index contributed by atoms with van der Waals surface area (Å²) in [7, 11) is 0. The van der Waals surface area contributed by atoms with Crippen LogP contribution in [0, 0.1) is 6.92 Å². The molecular formula is C12H18BrNO2. The molecule has 0 amide bonds. The molecule has 0 saturated heterocycles. The summed E-state index contributed by atoms with van der Waals surface area (Å²) in [5.41, 5.74) is 1.06. The summed E-state index contributed by atoms with van der Waals surface area (Å²) in [6, 6.07) is 5.82. The van der Waals surface area contributed by atoms with E-state index in [1.807, 2.05) is 32.0 Å². The molecule has 0 aromatic heterocycles. The van der Waals surface area contributed by atoms with Gasteiger partial charge in [0.2, 0.25) is 0 Å². The largest absolute Gasteiger partial charge is 0.491 e. The van der Waals surface area contributed by atoms with Crippen molar-refractivity contribution in [1.29, 1.82) is 0 Å². The normalized spacial score (nSPS) is 12.5. The Morgan fingerprint density at radius 2 is 2.25 bits per heavy atom. The Kier molecular flexibility index (Phi) is 5.80. The zero-order chi connectivity index (χ0) is 12.0. The van der Waals surface area contributed by atoms with E-state index in [9.17, 15) is 5.11 Å². The number of halogens is 1. The van der Waals surface area contributed by atoms with Gasteiger partial charge in [-0.15, -0.1) is 0 Å². The summed E-state index contributed by atoms with van der Waals surface area (Å²) in [6.07, 6.45) is -0.469. The zero-order valence-electron chi connectivity index (χ0n) is 9.66. The Morgan fingerprint density at radius 1 is 1.50 bits per heavy atom. The van der Waals surface area contributed by atoms with Crippen molar-refractivity contribution in [3.8, 4) is 5.75 Å². The molecule has 2 N–H and O–H groups in total. The van der Waals surface area contributed by atoms with Crippen LogP contribution in [0.5, 0.6) is 5.75 Å². The fraction of sp³-hybridized carbons (Fsp3) is 0.500. The molecule has 0 aliphatic heterocycles. The first-order valence-corrected chi connectivity index (χ1v) is 6.20. The van der Waals surface area contributed by atoms with Gasteiger partial charge in [-0.2, -0.15) is 0 Å². The monoisotopic (exact) mass is 287 g/mol. The van der Waals surface area contributed by atoms with E-state index < -0.39 is 6.10 Å². The summed E-state index contributed by atoms with van der Waals surface area (Å²) in [5, 5.41) is 12.7. The third-order valence-electron chi connectivity index (χ3n) is 2.20. The summed E-state index contributed by atoms with van der Waals surface area (Å²) < 4.78 is 6.57. The molecule has 0 heterocycles. The molecule has 16 heavy (non-hydrogen) atoms. The summed E-state index contributed by atoms with van der Waals surface area (Å²) >= 11 is 3.40. The molecule has 0 saturated carbocycles. The number of hydrogen-bond acceptors (Lipinski definition) is 3. The molecule has 1 unspecified atom stereocenters. The van der Waals surface area contributed by atoms with Gasteiger partial charge in [-0.05, 0) is 37.2 Å². The second kappa shape index (κ2) is 6.89. The maximum atomic E-state index is 9.59. The lowest BCUT2D eigenvalue weighted by Crippen LogP contribution is -2.31. The Labute approximate surface area is 105 Å². The van der Waals surface area contributed by atoms with Crippen LogP contribution in [0.25, 0.3) is 0 Å². The Hall–Kier alpha value is -0.580. The highest BCUT2D eigenvalue weighted by Gasteiger charge is 2.05. The molecule has 3 nitrogen and oxygen atoms in total. The van der Waals surface area contributed by atoms with E-state index in [1.165, 1.54) is 0 Å². The highest BCUT2D eigenvalue weighted by Crippen LogP contribution is 2.22. The van der Waals surface area contributed by atoms with E-state index in [1.54, 1.807) is 0 Å². The van der Waals surface area contributed by atoms with Crippen LogP contribution in [0.4, 0.5) is 0 Å². The first kappa shape index (κ1) is 13.5. The minimum absolute atomic E-state index is 0.315. The molecule has 90 valence electrons. The quantitative estimate of drug-likeness (QED) is 0.842. The van der Waals surface area contributed by atoms with Crippen molar-refractivity contribution in [3.63, 3.8) is 0 Å². The van der Waals surface area contributed by atoms with Gasteiger partial charge in [0, 0.05) is 11.0 Å². The molecule has 1 aromatic rings. The number of aliphatic hydroxyl groups is 1. The number of likely N-dealkylation sites (N-methyl/N-ethyl adjacent to an activating group) is 1. The third-order valence-corrected chi connectivity index (χ3v) is 2.69. The molecule has 0 fully saturated rings. The molecular weight excluding hydrogens is 270 g/mol. The second-order valence-electron chi connectivity index (χ2n) is 3.68. The lowest BCUT2D eigenvalue weighted by atomic mass is 10.2. The third kappa shape index (κ3) is 4.51. The summed E-state index contributed by atoms with van der Waals surface area (Å²) in [6.45, 7) is 5.72. The molecule has 0 radical (unpaired) electrons. The van der Waals surface area contributed by atoms with Gasteiger partial charge in [0.15, 0.2) is 0 Å². The van der Waals surface area contributed by atoms with Gasteiger partial charge in [-0.1, -0.05) is 22.9 Å². The van der Waals surface area contributed by atoms with E-state index in [0.717, 1.165) is 22.3 Å². The van der Waals surface area contributed by atoms with Crippen molar-refractivity contribution in [3.05, 3.63) is 28.2 Å². The van der Waals surface area contributed by atoms with E-state index in [0.29, 0.717) is 13.2 Å². The van der Waals surface area contributed by atoms with Crippen molar-refractivity contribution in [1.82, 2.24) is 5.32 Å². The zero-order valence-corrected chi connectivity index (χ0v) is 11.3. The minimum Gasteiger partial charge on any atom is -0.491 e. The molecule has 1 atom stereocenters. The van der Waals surface area contributed by atoms with E-state index in [4.69, 9.17) is 4.74 Å². The van der Waals surface area contributed by atoms with Gasteiger partial charge in [0.25, 0.3) is 0 Å². The second-order valence-corrected chi connectivity index (χ2v) is 4.60. The van der Waals surface area contributed by atoms with Gasteiger partial charge in [0.1, 0.15) is 18.5 Å². The van der Waals surface area contributed by atoms with Crippen molar-refractivity contribution < 1.29 is 9.84 Å². The Morgan fingerprint density at radius 3 is 2.88 bits per heavy atom. The Balaban J connectivity index is 2.42. The van der Waals surface area contributed by atoms with Crippen LogP contribution in [-0.2, 0) is 0 Å². The Bertz CT molecular complexity index is 331. The standard InChI is InChI=1S/C12H18BrNO2/c1-3-14-7-11(15)8-16-12-5-4-10(13)6-9(12)2/h4-6,11,14-15H,3,7-8H2,1-2H3. The van der Waals surface area contributed by atoms with Crippen LogP contribution < -0.4 is 10.1 Å². The molecule has 0 aliphatic carbocycles. The average molecular weight is 288 g/mol. The van der Waals surface area contributed by atoms with E-state index in [2.05, 4.69) is 21.2 Å². The smallest absolute Gasteiger partial charge is 0.122 e. The molecule has 0 bridgehead atoms. The number of hydrogen-bond donors (Lipinski definition) is 2. The van der Waals surface area contributed by atoms with Crippen LogP contribution >= 0.6 is 15.9 Å². The number of benzene rings is 1. The number of aliphatic hydroxyl groups excluding tert-OH is 1. The lowest BCUT2D eigenvalue weighted by Gasteiger charge is -2.14. The summed E-state index contributed by atoms with van der Waals surface area (Å²) in [4.78, 5) is 0. The SMILES string of the molecule is CCNCC(O)COc1ccc(Br)cc1C. The first-order valence-electron chi connectivity index (χ1n) is 5.41. The maximum Gasteiger partial charge on any atom is 0.122 e. The number of nitrogens with one attached hydrogen (secondary N) is 1. The molecule has 1 aromatic carbocycles. The molecule has 4 heteroatoms.